The van der Waals surface area contributed by atoms with Crippen molar-refractivity contribution >= 4 is 40.8 Å². The maximum Gasteiger partial charge on any atom is 0.268 e. The number of rotatable bonds is 5. The molecule has 2 amide bonds. The second-order valence-electron chi connectivity index (χ2n) is 5.53. The fraction of sp³-hybridized carbons (Fsp3) is 0.158. The molecule has 3 nitrogen and oxygen atoms in total. The predicted molar refractivity (Wildman–Crippen MR) is 97.6 cm³/mol. The van der Waals surface area contributed by atoms with E-state index in [0.717, 1.165) is 4.90 Å². The van der Waals surface area contributed by atoms with E-state index in [9.17, 15) is 14.0 Å². The van der Waals surface area contributed by atoms with Gasteiger partial charge in [-0.3, -0.25) is 14.5 Å². The highest BCUT2D eigenvalue weighted by molar-refractivity contribution is 8.04. The summed E-state index contributed by atoms with van der Waals surface area (Å²) >= 11 is 7.12. The zero-order valence-electron chi connectivity index (χ0n) is 13.5. The lowest BCUT2D eigenvalue weighted by molar-refractivity contribution is -0.136. The maximum absolute atomic E-state index is 13.2. The van der Waals surface area contributed by atoms with Gasteiger partial charge in [0.05, 0.1) is 10.5 Å². The van der Waals surface area contributed by atoms with Crippen LogP contribution in [0.15, 0.2) is 58.3 Å². The van der Waals surface area contributed by atoms with Crippen molar-refractivity contribution in [3.63, 3.8) is 0 Å². The lowest BCUT2D eigenvalue weighted by atomic mass is 10.1. The molecule has 0 aliphatic carbocycles. The van der Waals surface area contributed by atoms with Crippen molar-refractivity contribution < 1.29 is 14.0 Å². The Morgan fingerprint density at radius 2 is 1.64 bits per heavy atom. The van der Waals surface area contributed by atoms with Crippen molar-refractivity contribution in [3.05, 3.63) is 69.8 Å². The van der Waals surface area contributed by atoms with Gasteiger partial charge in [0.1, 0.15) is 5.82 Å². The SMILES string of the molecule is CCCN1C(=O)C(Sc2ccc(Cl)cc2)=C(c2ccc(F)cc2)C1=O. The van der Waals surface area contributed by atoms with Crippen LogP contribution >= 0.6 is 23.4 Å². The molecule has 6 heteroatoms. The van der Waals surface area contributed by atoms with E-state index >= 15 is 0 Å². The zero-order valence-corrected chi connectivity index (χ0v) is 15.0. The lowest BCUT2D eigenvalue weighted by Crippen LogP contribution is -2.32. The number of benzene rings is 2. The summed E-state index contributed by atoms with van der Waals surface area (Å²) in [4.78, 5) is 27.9. The van der Waals surface area contributed by atoms with Crippen molar-refractivity contribution in [1.82, 2.24) is 4.90 Å². The molecule has 128 valence electrons. The number of halogens is 2. The quantitative estimate of drug-likeness (QED) is 0.707. The van der Waals surface area contributed by atoms with Crippen LogP contribution in [0.2, 0.25) is 5.02 Å². The van der Waals surface area contributed by atoms with E-state index in [1.54, 1.807) is 24.3 Å². The molecule has 0 bridgehead atoms. The number of hydrogen-bond donors (Lipinski definition) is 0. The molecule has 2 aromatic carbocycles. The third-order valence-corrected chi connectivity index (χ3v) is 5.08. The summed E-state index contributed by atoms with van der Waals surface area (Å²) in [7, 11) is 0. The van der Waals surface area contributed by atoms with Gasteiger partial charge in [-0.05, 0) is 48.4 Å². The van der Waals surface area contributed by atoms with Gasteiger partial charge in [-0.2, -0.15) is 0 Å². The van der Waals surface area contributed by atoms with E-state index in [4.69, 9.17) is 11.6 Å². The molecule has 0 unspecified atom stereocenters. The number of nitrogens with zero attached hydrogens (tertiary/aromatic N) is 1. The summed E-state index contributed by atoms with van der Waals surface area (Å²) in [6.07, 6.45) is 0.674. The van der Waals surface area contributed by atoms with Crippen LogP contribution in [0.4, 0.5) is 4.39 Å². The monoisotopic (exact) mass is 375 g/mol. The first-order valence-corrected chi connectivity index (χ1v) is 9.00. The molecule has 0 fully saturated rings. The van der Waals surface area contributed by atoms with E-state index in [1.807, 2.05) is 6.92 Å². The third kappa shape index (κ3) is 3.62. The second kappa shape index (κ2) is 7.42. The third-order valence-electron chi connectivity index (χ3n) is 3.74. The average Bonchev–Trinajstić information content (AvgIpc) is 2.83. The summed E-state index contributed by atoms with van der Waals surface area (Å²) in [5.41, 5.74) is 0.855. The standard InChI is InChI=1S/C19H15ClFNO2S/c1-2-11-22-18(23)16(12-3-7-14(21)8-4-12)17(19(22)24)25-15-9-5-13(20)6-10-15/h3-10H,2,11H2,1H3. The highest BCUT2D eigenvalue weighted by Gasteiger charge is 2.38. The Balaban J connectivity index is 2.05. The molecule has 1 aliphatic rings. The molecule has 2 aromatic rings. The van der Waals surface area contributed by atoms with Gasteiger partial charge in [0.15, 0.2) is 0 Å². The first kappa shape index (κ1) is 17.7. The Morgan fingerprint density at radius 1 is 1.00 bits per heavy atom. The second-order valence-corrected chi connectivity index (χ2v) is 7.05. The van der Waals surface area contributed by atoms with Crippen LogP contribution in [0, 0.1) is 5.82 Å². The fourth-order valence-electron chi connectivity index (χ4n) is 2.57. The number of carbonyl (C=O) groups excluding carboxylic acids is 2. The number of amides is 2. The summed E-state index contributed by atoms with van der Waals surface area (Å²) in [6, 6.07) is 12.7. The molecule has 1 aliphatic heterocycles. The van der Waals surface area contributed by atoms with Crippen molar-refractivity contribution in [2.75, 3.05) is 6.54 Å². The topological polar surface area (TPSA) is 37.4 Å². The smallest absolute Gasteiger partial charge is 0.268 e. The molecule has 1 heterocycles. The average molecular weight is 376 g/mol. The highest BCUT2D eigenvalue weighted by Crippen LogP contribution is 2.39. The van der Waals surface area contributed by atoms with Gasteiger partial charge in [-0.25, -0.2) is 4.39 Å². The van der Waals surface area contributed by atoms with Gasteiger partial charge < -0.3 is 0 Å². The molecule has 0 saturated heterocycles. The summed E-state index contributed by atoms with van der Waals surface area (Å²) in [6.45, 7) is 2.26. The van der Waals surface area contributed by atoms with Crippen LogP contribution in [0.3, 0.4) is 0 Å². The van der Waals surface area contributed by atoms with Crippen LogP contribution in [0.25, 0.3) is 5.57 Å². The predicted octanol–water partition coefficient (Wildman–Crippen LogP) is 4.76. The highest BCUT2D eigenvalue weighted by atomic mass is 35.5. The number of thioether (sulfide) groups is 1. The van der Waals surface area contributed by atoms with Crippen molar-refractivity contribution in [2.45, 2.75) is 18.2 Å². The maximum atomic E-state index is 13.2. The minimum absolute atomic E-state index is 0.314. The Hall–Kier alpha value is -2.11. The first-order chi connectivity index (χ1) is 12.0. The summed E-state index contributed by atoms with van der Waals surface area (Å²) in [5.74, 6) is -1.04. The molecule has 0 aromatic heterocycles. The largest absolute Gasteiger partial charge is 0.274 e. The van der Waals surface area contributed by atoms with Gasteiger partial charge in [-0.15, -0.1) is 0 Å². The van der Waals surface area contributed by atoms with Crippen LogP contribution < -0.4 is 0 Å². The van der Waals surface area contributed by atoms with Gasteiger partial charge in [-0.1, -0.05) is 42.4 Å². The van der Waals surface area contributed by atoms with Crippen LogP contribution in [-0.4, -0.2) is 23.3 Å². The lowest BCUT2D eigenvalue weighted by Gasteiger charge is -2.13. The molecule has 0 saturated carbocycles. The van der Waals surface area contributed by atoms with Crippen LogP contribution in [0.1, 0.15) is 18.9 Å². The Kier molecular flexibility index (Phi) is 5.25. The molecule has 0 atom stereocenters. The van der Waals surface area contributed by atoms with E-state index in [-0.39, 0.29) is 11.8 Å². The molecular formula is C19H15ClFNO2S. The molecule has 0 radical (unpaired) electrons. The summed E-state index contributed by atoms with van der Waals surface area (Å²) in [5, 5.41) is 0.596. The molecular weight excluding hydrogens is 361 g/mol. The van der Waals surface area contributed by atoms with E-state index in [2.05, 4.69) is 0 Å². The van der Waals surface area contributed by atoms with Gasteiger partial charge in [0.25, 0.3) is 11.8 Å². The zero-order chi connectivity index (χ0) is 18.0. The van der Waals surface area contributed by atoms with Crippen LogP contribution in [-0.2, 0) is 9.59 Å². The Morgan fingerprint density at radius 3 is 2.24 bits per heavy atom. The molecule has 0 N–H and O–H groups in total. The van der Waals surface area contributed by atoms with Crippen molar-refractivity contribution in [3.8, 4) is 0 Å². The van der Waals surface area contributed by atoms with Crippen molar-refractivity contribution in [2.24, 2.45) is 0 Å². The fourth-order valence-corrected chi connectivity index (χ4v) is 3.71. The minimum atomic E-state index is -0.390. The van der Waals surface area contributed by atoms with E-state index in [0.29, 0.717) is 34.0 Å². The first-order valence-electron chi connectivity index (χ1n) is 7.81. The van der Waals surface area contributed by atoms with Gasteiger partial charge in [0.2, 0.25) is 0 Å². The number of hydrogen-bond acceptors (Lipinski definition) is 3. The van der Waals surface area contributed by atoms with Crippen LogP contribution in [0.5, 0.6) is 0 Å². The number of imide groups is 1. The summed E-state index contributed by atoms with van der Waals surface area (Å²) < 4.78 is 13.2. The molecule has 0 spiro atoms. The minimum Gasteiger partial charge on any atom is -0.274 e. The molecule has 3 rings (SSSR count). The normalized spacial score (nSPS) is 14.6. The number of carbonyl (C=O) groups is 2. The Bertz CT molecular complexity index is 847. The van der Waals surface area contributed by atoms with Crippen molar-refractivity contribution in [1.29, 1.82) is 0 Å². The van der Waals surface area contributed by atoms with E-state index in [1.165, 1.54) is 40.9 Å². The molecule has 25 heavy (non-hydrogen) atoms. The van der Waals surface area contributed by atoms with Gasteiger partial charge in [0, 0.05) is 16.5 Å². The van der Waals surface area contributed by atoms with Gasteiger partial charge >= 0.3 is 0 Å². The Labute approximate surface area is 154 Å². The van der Waals surface area contributed by atoms with E-state index < -0.39 is 5.82 Å².